The van der Waals surface area contributed by atoms with Crippen LogP contribution in [0.15, 0.2) is 36.5 Å². The van der Waals surface area contributed by atoms with E-state index in [2.05, 4.69) is 57.2 Å². The van der Waals surface area contributed by atoms with Crippen LogP contribution in [-0.4, -0.2) is 66.5 Å². The molecule has 0 bridgehead atoms. The molecule has 0 aliphatic carbocycles. The molecule has 0 aliphatic rings. The summed E-state index contributed by atoms with van der Waals surface area (Å²) in [7, 11) is -4.74. The van der Waals surface area contributed by atoms with Crippen molar-refractivity contribution in [2.75, 3.05) is 26.4 Å². The van der Waals surface area contributed by atoms with Gasteiger partial charge in [-0.15, -0.1) is 0 Å². The number of esters is 3. The minimum atomic E-state index is -4.74. The normalized spacial score (nSPS) is 13.7. The first-order valence-corrected chi connectivity index (χ1v) is 29.4. The lowest BCUT2D eigenvalue weighted by Gasteiger charge is -2.21. The molecule has 11 nitrogen and oxygen atoms in total. The number of phosphoric acid groups is 1. The second-order valence-electron chi connectivity index (χ2n) is 18.7. The van der Waals surface area contributed by atoms with Gasteiger partial charge in [0.15, 0.2) is 6.10 Å². The van der Waals surface area contributed by atoms with Crippen molar-refractivity contribution in [2.24, 2.45) is 0 Å². The zero-order valence-electron chi connectivity index (χ0n) is 43.8. The first kappa shape index (κ1) is 65.7. The van der Waals surface area contributed by atoms with Crippen molar-refractivity contribution in [3.8, 4) is 0 Å². The van der Waals surface area contributed by atoms with Crippen LogP contribution in [0.3, 0.4) is 0 Å². The van der Waals surface area contributed by atoms with Gasteiger partial charge in [0, 0.05) is 19.3 Å². The van der Waals surface area contributed by atoms with Crippen LogP contribution >= 0.6 is 7.82 Å². The van der Waals surface area contributed by atoms with E-state index in [1.165, 1.54) is 128 Å². The van der Waals surface area contributed by atoms with Gasteiger partial charge in [-0.25, -0.2) is 4.57 Å². The number of allylic oxidation sites excluding steroid dienone is 6. The summed E-state index contributed by atoms with van der Waals surface area (Å²) in [5.74, 6) is -1.48. The maximum Gasteiger partial charge on any atom is 0.472 e. The molecule has 0 fully saturated rings. The van der Waals surface area contributed by atoms with Crippen LogP contribution in [0.4, 0.5) is 0 Å². The summed E-state index contributed by atoms with van der Waals surface area (Å²) in [6.45, 7) is 4.50. The SMILES string of the molecule is CC/C=C\C/C=C\C/C=C\CCCCCC(=O)OC(COC(=O)CCCCCCCCCCCCCCCCCCCCC)COP(=O)(O)OCC(CO)OC(=O)CCCCCCCCCCC. The number of aliphatic hydroxyl groups excluding tert-OH is 1. The highest BCUT2D eigenvalue weighted by Crippen LogP contribution is 2.43. The number of phosphoric ester groups is 1. The summed E-state index contributed by atoms with van der Waals surface area (Å²) < 4.78 is 39.3. The minimum absolute atomic E-state index is 0.136. The van der Waals surface area contributed by atoms with Crippen molar-refractivity contribution in [1.82, 2.24) is 0 Å². The molecule has 0 saturated heterocycles. The highest BCUT2D eigenvalue weighted by molar-refractivity contribution is 7.47. The Morgan fingerprint density at radius 2 is 0.765 bits per heavy atom. The monoisotopic (exact) mass is 983 g/mol. The first-order chi connectivity index (χ1) is 33.2. The zero-order valence-corrected chi connectivity index (χ0v) is 44.7. The molecule has 3 atom stereocenters. The van der Waals surface area contributed by atoms with E-state index in [0.29, 0.717) is 19.3 Å². The Hall–Kier alpha value is -2.30. The molecule has 0 radical (unpaired) electrons. The van der Waals surface area contributed by atoms with Crippen LogP contribution in [-0.2, 0) is 42.2 Å². The van der Waals surface area contributed by atoms with E-state index < -0.39 is 57.8 Å². The number of hydrogen-bond donors (Lipinski definition) is 2. The van der Waals surface area contributed by atoms with E-state index in [0.717, 1.165) is 77.0 Å². The van der Waals surface area contributed by atoms with Crippen molar-refractivity contribution >= 4 is 25.7 Å². The fourth-order valence-corrected chi connectivity index (χ4v) is 8.63. The summed E-state index contributed by atoms with van der Waals surface area (Å²) in [5.41, 5.74) is 0. The third kappa shape index (κ3) is 48.7. The average Bonchev–Trinajstić information content (AvgIpc) is 3.32. The zero-order chi connectivity index (χ0) is 49.9. The van der Waals surface area contributed by atoms with Crippen LogP contribution in [0.2, 0.25) is 0 Å². The van der Waals surface area contributed by atoms with E-state index in [9.17, 15) is 28.9 Å². The Morgan fingerprint density at radius 3 is 1.18 bits per heavy atom. The Kier molecular flexibility index (Phi) is 49.3. The van der Waals surface area contributed by atoms with E-state index in [-0.39, 0.29) is 25.9 Å². The molecule has 68 heavy (non-hydrogen) atoms. The molecule has 0 aromatic heterocycles. The number of rotatable bonds is 52. The summed E-state index contributed by atoms with van der Waals surface area (Å²) in [5, 5.41) is 9.75. The largest absolute Gasteiger partial charge is 0.472 e. The lowest BCUT2D eigenvalue weighted by molar-refractivity contribution is -0.161. The Balaban J connectivity index is 4.67. The van der Waals surface area contributed by atoms with Gasteiger partial charge in [0.05, 0.1) is 19.8 Å². The highest BCUT2D eigenvalue weighted by atomic mass is 31.2. The third-order valence-electron chi connectivity index (χ3n) is 12.1. The van der Waals surface area contributed by atoms with E-state index >= 15 is 0 Å². The highest BCUT2D eigenvalue weighted by Gasteiger charge is 2.28. The number of carbonyl (C=O) groups is 3. The molecule has 0 amide bonds. The fourth-order valence-electron chi connectivity index (χ4n) is 7.84. The smallest absolute Gasteiger partial charge is 0.462 e. The van der Waals surface area contributed by atoms with Crippen molar-refractivity contribution in [3.63, 3.8) is 0 Å². The van der Waals surface area contributed by atoms with E-state index in [1.807, 2.05) is 0 Å². The molecule has 2 N–H and O–H groups in total. The Morgan fingerprint density at radius 1 is 0.426 bits per heavy atom. The molecule has 0 heterocycles. The molecular weight excluding hydrogens is 880 g/mol. The number of aliphatic hydroxyl groups is 1. The third-order valence-corrected chi connectivity index (χ3v) is 13.0. The maximum absolute atomic E-state index is 12.8. The number of unbranched alkanes of at least 4 members (excludes halogenated alkanes) is 29. The molecule has 0 aliphatic heterocycles. The standard InChI is InChI=1S/C56H103O11P/c1-4-7-10-13-16-19-21-23-24-25-26-27-28-30-31-34-36-39-42-45-54(58)63-49-53(67-56(60)47-44-41-38-35-32-29-22-20-17-14-11-8-5-2)51-65-68(61,62)64-50-52(48-57)66-55(59)46-43-40-37-33-18-15-12-9-6-3/h8,11,17,20,29,32,52-53,57H,4-7,9-10,12-16,18-19,21-28,30-31,33-51H2,1-3H3,(H,61,62)/b11-8-,20-17-,32-29-. The van der Waals surface area contributed by atoms with Crippen molar-refractivity contribution in [2.45, 2.75) is 277 Å². The predicted molar refractivity (Wildman–Crippen MR) is 279 cm³/mol. The Labute approximate surface area is 416 Å². The molecule has 0 rings (SSSR count). The van der Waals surface area contributed by atoms with Crippen LogP contribution in [0.5, 0.6) is 0 Å². The summed E-state index contributed by atoms with van der Waals surface area (Å²) in [6, 6.07) is 0. The topological polar surface area (TPSA) is 155 Å². The summed E-state index contributed by atoms with van der Waals surface area (Å²) in [4.78, 5) is 48.3. The lowest BCUT2D eigenvalue weighted by Crippen LogP contribution is -2.30. The molecule has 12 heteroatoms. The van der Waals surface area contributed by atoms with E-state index in [1.54, 1.807) is 0 Å². The number of ether oxygens (including phenoxy) is 3. The molecule has 3 unspecified atom stereocenters. The Bertz CT molecular complexity index is 1280. The van der Waals surface area contributed by atoms with Gasteiger partial charge in [0.1, 0.15) is 12.7 Å². The number of hydrogen-bond acceptors (Lipinski definition) is 10. The molecule has 398 valence electrons. The molecule has 0 spiro atoms. The maximum atomic E-state index is 12.8. The molecule has 0 saturated carbocycles. The van der Waals surface area contributed by atoms with Gasteiger partial charge in [-0.3, -0.25) is 23.4 Å². The van der Waals surface area contributed by atoms with E-state index in [4.69, 9.17) is 23.3 Å². The number of carbonyl (C=O) groups excluding carboxylic acids is 3. The quantitative estimate of drug-likeness (QED) is 0.0197. The summed E-state index contributed by atoms with van der Waals surface area (Å²) >= 11 is 0. The van der Waals surface area contributed by atoms with Gasteiger partial charge in [-0.1, -0.05) is 231 Å². The van der Waals surface area contributed by atoms with Gasteiger partial charge in [-0.05, 0) is 51.4 Å². The van der Waals surface area contributed by atoms with Crippen molar-refractivity contribution < 1.29 is 52.2 Å². The van der Waals surface area contributed by atoms with Crippen molar-refractivity contribution in [3.05, 3.63) is 36.5 Å². The summed E-state index contributed by atoms with van der Waals surface area (Å²) in [6.07, 6.45) is 51.3. The average molecular weight is 983 g/mol. The van der Waals surface area contributed by atoms with Crippen LogP contribution in [0, 0.1) is 0 Å². The fraction of sp³-hybridized carbons (Fsp3) is 0.839. The van der Waals surface area contributed by atoms with Gasteiger partial charge in [0.25, 0.3) is 0 Å². The van der Waals surface area contributed by atoms with Crippen LogP contribution in [0.25, 0.3) is 0 Å². The second-order valence-corrected chi connectivity index (χ2v) is 20.2. The molecule has 0 aromatic carbocycles. The lowest BCUT2D eigenvalue weighted by atomic mass is 10.0. The van der Waals surface area contributed by atoms with Gasteiger partial charge < -0.3 is 24.2 Å². The molecular formula is C56H103O11P. The van der Waals surface area contributed by atoms with Crippen LogP contribution < -0.4 is 0 Å². The second kappa shape index (κ2) is 51.1. The van der Waals surface area contributed by atoms with Gasteiger partial charge in [-0.2, -0.15) is 0 Å². The molecule has 0 aromatic rings. The van der Waals surface area contributed by atoms with Gasteiger partial charge in [0.2, 0.25) is 0 Å². The minimum Gasteiger partial charge on any atom is -0.462 e. The van der Waals surface area contributed by atoms with Crippen molar-refractivity contribution in [1.29, 1.82) is 0 Å². The predicted octanol–water partition coefficient (Wildman–Crippen LogP) is 16.0. The van der Waals surface area contributed by atoms with Gasteiger partial charge >= 0.3 is 25.7 Å². The van der Waals surface area contributed by atoms with Crippen LogP contribution in [0.1, 0.15) is 265 Å². The first-order valence-electron chi connectivity index (χ1n) is 27.9.